The number of nitro groups is 1. The molecule has 29 heavy (non-hydrogen) atoms. The van der Waals surface area contributed by atoms with Crippen molar-refractivity contribution in [2.45, 2.75) is 30.7 Å². The van der Waals surface area contributed by atoms with Gasteiger partial charge >= 0.3 is 36.0 Å². The van der Waals surface area contributed by atoms with Gasteiger partial charge in [0.05, 0.1) is 11.5 Å². The highest BCUT2D eigenvalue weighted by Gasteiger charge is 2.70. The van der Waals surface area contributed by atoms with E-state index in [9.17, 15) is 63.6 Å². The van der Waals surface area contributed by atoms with Crippen LogP contribution in [0.15, 0.2) is 24.3 Å². The molecule has 1 aromatic rings. The van der Waals surface area contributed by atoms with E-state index in [0.29, 0.717) is 24.3 Å². The fourth-order valence-corrected chi connectivity index (χ4v) is 1.72. The van der Waals surface area contributed by atoms with E-state index >= 15 is 0 Å². The molecule has 0 saturated heterocycles. The summed E-state index contributed by atoms with van der Waals surface area (Å²) in [6, 6.07) is 2.24. The fourth-order valence-electron chi connectivity index (χ4n) is 1.72. The first-order chi connectivity index (χ1) is 12.8. The molecule has 0 atom stereocenters. The van der Waals surface area contributed by atoms with Gasteiger partial charge in [-0.2, -0.15) is 43.9 Å². The Morgan fingerprint density at radius 2 is 1.14 bits per heavy atom. The number of rotatable bonds is 5. The highest BCUT2D eigenvalue weighted by atomic mass is 19.4. The van der Waals surface area contributed by atoms with Gasteiger partial charge in [0.25, 0.3) is 5.69 Å². The number of imide groups is 1. The first-order valence-corrected chi connectivity index (χ1v) is 6.83. The predicted molar refractivity (Wildman–Crippen MR) is 70.7 cm³/mol. The first kappa shape index (κ1) is 24.1. The van der Waals surface area contributed by atoms with Crippen molar-refractivity contribution in [1.29, 1.82) is 0 Å². The van der Waals surface area contributed by atoms with E-state index in [1.807, 2.05) is 0 Å². The van der Waals surface area contributed by atoms with Crippen molar-refractivity contribution < 1.29 is 58.4 Å². The van der Waals surface area contributed by atoms with Gasteiger partial charge in [0, 0.05) is 12.1 Å². The maximum absolute atomic E-state index is 13.2. The van der Waals surface area contributed by atoms with Crippen LogP contribution in [0.25, 0.3) is 0 Å². The van der Waals surface area contributed by atoms with Gasteiger partial charge < -0.3 is 0 Å². The molecule has 0 radical (unpaired) electrons. The van der Waals surface area contributed by atoms with Crippen molar-refractivity contribution in [2.75, 3.05) is 0 Å². The highest BCUT2D eigenvalue weighted by Crippen LogP contribution is 2.41. The highest BCUT2D eigenvalue weighted by molar-refractivity contribution is 6.02. The summed E-state index contributed by atoms with van der Waals surface area (Å²) in [7, 11) is 0. The summed E-state index contributed by atoms with van der Waals surface area (Å²) in [4.78, 5) is 30.7. The van der Waals surface area contributed by atoms with Gasteiger partial charge in [-0.05, 0) is 5.56 Å². The first-order valence-electron chi connectivity index (χ1n) is 6.83. The van der Waals surface area contributed by atoms with Crippen LogP contribution >= 0.6 is 0 Å². The Morgan fingerprint density at radius 3 is 1.41 bits per heavy atom. The maximum Gasteiger partial charge on any atom is 0.463 e. The van der Waals surface area contributed by atoms with E-state index in [0.717, 1.165) is 0 Å². The Balaban J connectivity index is 3.44. The van der Waals surface area contributed by atoms with E-state index in [1.54, 1.807) is 0 Å². The largest absolute Gasteiger partial charge is 0.463 e. The second-order valence-electron chi connectivity index (χ2n) is 5.26. The van der Waals surface area contributed by atoms with Crippen molar-refractivity contribution in [3.05, 3.63) is 39.9 Å². The number of carbonyl (C=O) groups excluding carboxylic acids is 2. The number of benzene rings is 1. The van der Waals surface area contributed by atoms with Crippen LogP contribution in [-0.4, -0.2) is 45.8 Å². The molecule has 0 unspecified atom stereocenters. The van der Waals surface area contributed by atoms with E-state index < -0.39 is 63.6 Å². The minimum absolute atomic E-state index is 0.545. The van der Waals surface area contributed by atoms with Gasteiger partial charge in [-0.3, -0.25) is 24.6 Å². The third-order valence-electron chi connectivity index (χ3n) is 3.23. The fraction of sp³-hybridized carbons (Fsp3) is 0.385. The molecule has 16 heteroatoms. The zero-order valence-electron chi connectivity index (χ0n) is 13.3. The van der Waals surface area contributed by atoms with E-state index in [4.69, 9.17) is 0 Å². The summed E-state index contributed by atoms with van der Waals surface area (Å²) < 4.78 is 127. The minimum Gasteiger partial charge on any atom is -0.267 e. The number of hydrogen-bond donors (Lipinski definition) is 0. The Labute approximate surface area is 152 Å². The second-order valence-corrected chi connectivity index (χ2v) is 5.26. The smallest absolute Gasteiger partial charge is 0.267 e. The molecule has 1 rings (SSSR count). The third-order valence-corrected chi connectivity index (χ3v) is 3.23. The predicted octanol–water partition coefficient (Wildman–Crippen LogP) is 3.85. The van der Waals surface area contributed by atoms with Crippen LogP contribution in [0.2, 0.25) is 0 Å². The van der Waals surface area contributed by atoms with Crippen molar-refractivity contribution >= 4 is 17.5 Å². The molecule has 0 aliphatic rings. The monoisotopic (exact) mass is 444 g/mol. The van der Waals surface area contributed by atoms with Crippen molar-refractivity contribution in [1.82, 2.24) is 4.90 Å². The molecule has 1 aromatic carbocycles. The summed E-state index contributed by atoms with van der Waals surface area (Å²) in [6.07, 6.45) is -13.4. The number of halogens is 10. The number of nitro benzene ring substituents is 1. The zero-order valence-corrected chi connectivity index (χ0v) is 13.3. The standard InChI is InChI=1S/C13H6F10N2O4/c14-10(15,12(18,19)20)8(26)24(9(27)11(16,17)13(21,22)23)5-6-1-3-7(4-2-6)25(28)29/h1-4H,5H2. The van der Waals surface area contributed by atoms with Gasteiger partial charge in [0.2, 0.25) is 0 Å². The average molecular weight is 444 g/mol. The number of non-ortho nitro benzene ring substituents is 1. The van der Waals surface area contributed by atoms with Gasteiger partial charge in [-0.15, -0.1) is 0 Å². The van der Waals surface area contributed by atoms with E-state index in [1.165, 1.54) is 0 Å². The normalized spacial score (nSPS) is 13.2. The molecule has 162 valence electrons. The Morgan fingerprint density at radius 1 is 0.793 bits per heavy atom. The maximum atomic E-state index is 13.2. The lowest BCUT2D eigenvalue weighted by Gasteiger charge is -2.30. The van der Waals surface area contributed by atoms with Gasteiger partial charge in [0.15, 0.2) is 0 Å². The molecule has 0 N–H and O–H groups in total. The molecule has 0 heterocycles. The van der Waals surface area contributed by atoms with Crippen molar-refractivity contribution in [3.8, 4) is 0 Å². The summed E-state index contributed by atoms with van der Waals surface area (Å²) in [5.41, 5.74) is -1.41. The lowest BCUT2D eigenvalue weighted by Crippen LogP contribution is -2.59. The van der Waals surface area contributed by atoms with Crippen LogP contribution in [0.3, 0.4) is 0 Å². The van der Waals surface area contributed by atoms with E-state index in [-0.39, 0.29) is 0 Å². The molecular weight excluding hydrogens is 438 g/mol. The van der Waals surface area contributed by atoms with Crippen LogP contribution in [-0.2, 0) is 16.1 Å². The molecule has 0 spiro atoms. The molecule has 0 fully saturated rings. The summed E-state index contributed by atoms with van der Waals surface area (Å²) in [5.74, 6) is -20.3. The second kappa shape index (κ2) is 7.47. The molecule has 0 aliphatic heterocycles. The van der Waals surface area contributed by atoms with Crippen molar-refractivity contribution in [3.63, 3.8) is 0 Å². The summed E-state index contributed by atoms with van der Waals surface area (Å²) in [6.45, 7) is -1.88. The van der Waals surface area contributed by atoms with Gasteiger partial charge in [-0.1, -0.05) is 12.1 Å². The minimum atomic E-state index is -6.72. The van der Waals surface area contributed by atoms with Gasteiger partial charge in [0.1, 0.15) is 0 Å². The molecule has 0 saturated carbocycles. The van der Waals surface area contributed by atoms with E-state index in [2.05, 4.69) is 0 Å². The Bertz CT molecular complexity index is 763. The zero-order chi connectivity index (χ0) is 23.0. The lowest BCUT2D eigenvalue weighted by atomic mass is 10.1. The molecule has 0 bridgehead atoms. The number of nitrogens with zero attached hydrogens (tertiary/aromatic N) is 2. The summed E-state index contributed by atoms with van der Waals surface area (Å²) in [5, 5.41) is 10.5. The summed E-state index contributed by atoms with van der Waals surface area (Å²) >= 11 is 0. The number of hydrogen-bond acceptors (Lipinski definition) is 4. The lowest BCUT2D eigenvalue weighted by molar-refractivity contribution is -0.384. The molecular formula is C13H6F10N2O4. The van der Waals surface area contributed by atoms with Crippen LogP contribution in [0.4, 0.5) is 49.6 Å². The molecule has 2 amide bonds. The van der Waals surface area contributed by atoms with Crippen LogP contribution in [0.5, 0.6) is 0 Å². The molecule has 0 aliphatic carbocycles. The van der Waals surface area contributed by atoms with Crippen LogP contribution in [0.1, 0.15) is 5.56 Å². The molecule has 0 aromatic heterocycles. The number of carbonyl (C=O) groups is 2. The van der Waals surface area contributed by atoms with Crippen LogP contribution < -0.4 is 0 Å². The van der Waals surface area contributed by atoms with Crippen LogP contribution in [0, 0.1) is 10.1 Å². The number of alkyl halides is 10. The average Bonchev–Trinajstić information content (AvgIpc) is 2.56. The van der Waals surface area contributed by atoms with Gasteiger partial charge in [-0.25, -0.2) is 0 Å². The Kier molecular flexibility index (Phi) is 6.21. The topological polar surface area (TPSA) is 80.5 Å². The molecule has 6 nitrogen and oxygen atoms in total. The van der Waals surface area contributed by atoms with Crippen molar-refractivity contribution in [2.24, 2.45) is 0 Å². The third kappa shape index (κ3) is 4.73. The Hall–Kier alpha value is -2.94. The SMILES string of the molecule is O=C(N(Cc1ccc([N+](=O)[O-])cc1)C(=O)C(F)(F)C(F)(F)F)C(F)(F)C(F)(F)F. The quantitative estimate of drug-likeness (QED) is 0.393. The number of amides is 2.